The molecule has 2 aromatic rings. The van der Waals surface area contributed by atoms with Crippen LogP contribution >= 0.6 is 15.9 Å². The molecule has 2 rings (SSSR count). The Morgan fingerprint density at radius 3 is 2.28 bits per heavy atom. The van der Waals surface area contributed by atoms with Gasteiger partial charge in [0.05, 0.1) is 0 Å². The Hall–Kier alpha value is -1.54. The highest BCUT2D eigenvalue weighted by molar-refractivity contribution is 9.09. The van der Waals surface area contributed by atoms with Crippen LogP contribution in [0.4, 0.5) is 0 Å². The van der Waals surface area contributed by atoms with Crippen LogP contribution in [0.5, 0.6) is 5.75 Å². The number of hydrogen-bond acceptors (Lipinski definition) is 1. The van der Waals surface area contributed by atoms with Crippen LogP contribution in [0.3, 0.4) is 0 Å². The maximum Gasteiger partial charge on any atom is 0.119 e. The van der Waals surface area contributed by atoms with Crippen LogP contribution in [-0.4, -0.2) is 5.33 Å². The summed E-state index contributed by atoms with van der Waals surface area (Å²) in [5.41, 5.74) is 3.38. The molecule has 0 atom stereocenters. The normalized spacial score (nSPS) is 10.1. The molecule has 2 aromatic carbocycles. The van der Waals surface area contributed by atoms with E-state index in [4.69, 9.17) is 4.74 Å². The molecule has 0 aromatic heterocycles. The third-order valence-corrected chi connectivity index (χ3v) is 3.35. The second-order valence-corrected chi connectivity index (χ2v) is 4.60. The lowest BCUT2D eigenvalue weighted by molar-refractivity contribution is 0.306. The Bertz CT molecular complexity index is 502. The van der Waals surface area contributed by atoms with Gasteiger partial charge in [0.2, 0.25) is 0 Å². The van der Waals surface area contributed by atoms with Gasteiger partial charge in [-0.2, -0.15) is 0 Å². The van der Waals surface area contributed by atoms with Crippen LogP contribution in [0.15, 0.2) is 61.2 Å². The van der Waals surface area contributed by atoms with Gasteiger partial charge in [-0.25, -0.2) is 0 Å². The van der Waals surface area contributed by atoms with E-state index in [1.807, 2.05) is 42.5 Å². The molecule has 0 unspecified atom stereocenters. The molecule has 92 valence electrons. The molecule has 0 aliphatic carbocycles. The third-order valence-electron chi connectivity index (χ3n) is 2.67. The first-order valence-corrected chi connectivity index (χ1v) is 6.92. The first-order chi connectivity index (χ1) is 8.79. The van der Waals surface area contributed by atoms with Crippen LogP contribution in [-0.2, 0) is 6.61 Å². The van der Waals surface area contributed by atoms with Crippen LogP contribution in [0.1, 0.15) is 11.1 Å². The van der Waals surface area contributed by atoms with Crippen molar-refractivity contribution in [3.05, 3.63) is 72.3 Å². The monoisotopic (exact) mass is 302 g/mol. The average Bonchev–Trinajstić information content (AvgIpc) is 2.46. The average molecular weight is 303 g/mol. The summed E-state index contributed by atoms with van der Waals surface area (Å²) in [4.78, 5) is 0. The minimum Gasteiger partial charge on any atom is -0.489 e. The molecule has 0 spiro atoms. The Morgan fingerprint density at radius 2 is 1.67 bits per heavy atom. The minimum absolute atomic E-state index is 0.597. The van der Waals surface area contributed by atoms with Crippen LogP contribution in [0.2, 0.25) is 0 Å². The second kappa shape index (κ2) is 6.41. The van der Waals surface area contributed by atoms with Crippen molar-refractivity contribution in [3.8, 4) is 5.75 Å². The van der Waals surface area contributed by atoms with Gasteiger partial charge in [0.1, 0.15) is 12.4 Å². The topological polar surface area (TPSA) is 9.23 Å². The molecule has 0 aliphatic heterocycles. The molecular weight excluding hydrogens is 288 g/mol. The van der Waals surface area contributed by atoms with E-state index in [0.29, 0.717) is 6.61 Å². The van der Waals surface area contributed by atoms with Crippen LogP contribution < -0.4 is 4.74 Å². The van der Waals surface area contributed by atoms with Gasteiger partial charge in [-0.1, -0.05) is 65.0 Å². The lowest BCUT2D eigenvalue weighted by Crippen LogP contribution is -1.95. The predicted octanol–water partition coefficient (Wildman–Crippen LogP) is 4.67. The number of benzene rings is 2. The summed E-state index contributed by atoms with van der Waals surface area (Å²) in [5.74, 6) is 0.880. The van der Waals surface area contributed by atoms with E-state index in [0.717, 1.165) is 22.2 Å². The molecule has 1 nitrogen and oxygen atoms in total. The van der Waals surface area contributed by atoms with E-state index < -0.39 is 0 Å². The number of allylic oxidation sites excluding steroid dienone is 1. The van der Waals surface area contributed by atoms with Crippen molar-refractivity contribution in [3.63, 3.8) is 0 Å². The van der Waals surface area contributed by atoms with Crippen molar-refractivity contribution in [2.24, 2.45) is 0 Å². The van der Waals surface area contributed by atoms with E-state index in [-0.39, 0.29) is 0 Å². The van der Waals surface area contributed by atoms with Gasteiger partial charge < -0.3 is 4.74 Å². The second-order valence-electron chi connectivity index (χ2n) is 4.04. The Labute approximate surface area is 116 Å². The fourth-order valence-electron chi connectivity index (χ4n) is 1.60. The fourth-order valence-corrected chi connectivity index (χ4v) is 1.93. The standard InChI is InChI=1S/C16H15BrO/c1-13(11-17)15-7-9-16(10-8-15)18-12-14-5-3-2-4-6-14/h2-10H,1,11-12H2. The molecule has 0 heterocycles. The Balaban J connectivity index is 1.97. The molecule has 0 fully saturated rings. The van der Waals surface area contributed by atoms with Crippen molar-refractivity contribution in [1.29, 1.82) is 0 Å². The van der Waals surface area contributed by atoms with Gasteiger partial charge >= 0.3 is 0 Å². The van der Waals surface area contributed by atoms with Crippen molar-refractivity contribution in [2.45, 2.75) is 6.61 Å². The number of hydrogen-bond donors (Lipinski definition) is 0. The van der Waals surface area contributed by atoms with Gasteiger partial charge in [-0.15, -0.1) is 0 Å². The minimum atomic E-state index is 0.597. The molecular formula is C16H15BrO. The fraction of sp³-hybridized carbons (Fsp3) is 0.125. The maximum atomic E-state index is 5.72. The first-order valence-electron chi connectivity index (χ1n) is 5.80. The zero-order chi connectivity index (χ0) is 12.8. The van der Waals surface area contributed by atoms with E-state index >= 15 is 0 Å². The summed E-state index contributed by atoms with van der Waals surface area (Å²) in [7, 11) is 0. The molecule has 0 aliphatic rings. The van der Waals surface area contributed by atoms with Crippen molar-refractivity contribution < 1.29 is 4.74 Å². The van der Waals surface area contributed by atoms with E-state index in [2.05, 4.69) is 34.6 Å². The Kier molecular flexibility index (Phi) is 4.59. The predicted molar refractivity (Wildman–Crippen MR) is 80.0 cm³/mol. The third kappa shape index (κ3) is 3.47. The SMILES string of the molecule is C=C(CBr)c1ccc(OCc2ccccc2)cc1. The zero-order valence-electron chi connectivity index (χ0n) is 10.1. The van der Waals surface area contributed by atoms with Gasteiger partial charge in [0.25, 0.3) is 0 Å². The summed E-state index contributed by atoms with van der Waals surface area (Å²) in [5, 5.41) is 0.789. The summed E-state index contributed by atoms with van der Waals surface area (Å²) in [6.45, 7) is 4.58. The first kappa shape index (κ1) is 12.9. The van der Waals surface area contributed by atoms with Crippen LogP contribution in [0.25, 0.3) is 5.57 Å². The van der Waals surface area contributed by atoms with E-state index in [9.17, 15) is 0 Å². The number of halogens is 1. The number of ether oxygens (including phenoxy) is 1. The van der Waals surface area contributed by atoms with E-state index in [1.54, 1.807) is 0 Å². The summed E-state index contributed by atoms with van der Waals surface area (Å²) < 4.78 is 5.72. The van der Waals surface area contributed by atoms with Crippen molar-refractivity contribution >= 4 is 21.5 Å². The molecule has 0 bridgehead atoms. The lowest BCUT2D eigenvalue weighted by atomic mass is 10.1. The van der Waals surface area contributed by atoms with E-state index in [1.165, 1.54) is 5.56 Å². The number of rotatable bonds is 5. The molecule has 0 N–H and O–H groups in total. The summed E-state index contributed by atoms with van der Waals surface area (Å²) >= 11 is 3.40. The van der Waals surface area contributed by atoms with Crippen molar-refractivity contribution in [1.82, 2.24) is 0 Å². The highest BCUT2D eigenvalue weighted by atomic mass is 79.9. The quantitative estimate of drug-likeness (QED) is 0.729. The Morgan fingerprint density at radius 1 is 1.00 bits per heavy atom. The highest BCUT2D eigenvalue weighted by Crippen LogP contribution is 2.19. The molecule has 2 heteroatoms. The van der Waals surface area contributed by atoms with Gasteiger partial charge in [-0.05, 0) is 28.8 Å². The lowest BCUT2D eigenvalue weighted by Gasteiger charge is -2.07. The smallest absolute Gasteiger partial charge is 0.119 e. The van der Waals surface area contributed by atoms with Crippen LogP contribution in [0, 0.1) is 0 Å². The molecule has 18 heavy (non-hydrogen) atoms. The molecule has 0 saturated carbocycles. The highest BCUT2D eigenvalue weighted by Gasteiger charge is 1.99. The molecule has 0 radical (unpaired) electrons. The van der Waals surface area contributed by atoms with Gasteiger partial charge in [0, 0.05) is 5.33 Å². The summed E-state index contributed by atoms with van der Waals surface area (Å²) in [6, 6.07) is 18.2. The number of alkyl halides is 1. The largest absolute Gasteiger partial charge is 0.489 e. The van der Waals surface area contributed by atoms with Crippen molar-refractivity contribution in [2.75, 3.05) is 5.33 Å². The van der Waals surface area contributed by atoms with Gasteiger partial charge in [0.15, 0.2) is 0 Å². The van der Waals surface area contributed by atoms with Gasteiger partial charge in [-0.3, -0.25) is 0 Å². The molecule has 0 saturated heterocycles. The zero-order valence-corrected chi connectivity index (χ0v) is 11.7. The maximum absolute atomic E-state index is 5.72. The molecule has 0 amide bonds. The summed E-state index contributed by atoms with van der Waals surface area (Å²) in [6.07, 6.45) is 0.